The molecule has 0 amide bonds. The first-order valence-corrected chi connectivity index (χ1v) is 7.96. The first-order chi connectivity index (χ1) is 9.72. The van der Waals surface area contributed by atoms with E-state index in [0.717, 1.165) is 29.2 Å². The Balaban J connectivity index is 1.72. The first-order valence-electron chi connectivity index (χ1n) is 7.08. The molecule has 4 nitrogen and oxygen atoms in total. The van der Waals surface area contributed by atoms with E-state index in [1.165, 1.54) is 12.8 Å². The Kier molecular flexibility index (Phi) is 3.92. The monoisotopic (exact) mass is 292 g/mol. The molecule has 0 radical (unpaired) electrons. The van der Waals surface area contributed by atoms with Gasteiger partial charge < -0.3 is 14.8 Å². The number of nitrogens with one attached hydrogen (secondary N) is 1. The number of thiophene rings is 1. The molecule has 1 aliphatic rings. The van der Waals surface area contributed by atoms with Gasteiger partial charge in [0.15, 0.2) is 0 Å². The Morgan fingerprint density at radius 1 is 1.45 bits per heavy atom. The quantitative estimate of drug-likeness (QED) is 0.889. The number of rotatable bonds is 5. The minimum atomic E-state index is -0.117. The van der Waals surface area contributed by atoms with Gasteiger partial charge in [0.1, 0.15) is 5.76 Å². The van der Waals surface area contributed by atoms with E-state index >= 15 is 0 Å². The summed E-state index contributed by atoms with van der Waals surface area (Å²) in [6.45, 7) is 2.80. The average Bonchev–Trinajstić information content (AvgIpc) is 3.18. The molecule has 3 rings (SSSR count). The van der Waals surface area contributed by atoms with Gasteiger partial charge in [0, 0.05) is 12.1 Å². The van der Waals surface area contributed by atoms with Crippen molar-refractivity contribution in [2.45, 2.75) is 44.7 Å². The predicted octanol–water partition coefficient (Wildman–Crippen LogP) is 3.11. The van der Waals surface area contributed by atoms with E-state index in [1.807, 2.05) is 24.4 Å². The number of aromatic nitrogens is 1. The molecule has 0 saturated heterocycles. The van der Waals surface area contributed by atoms with Crippen LogP contribution in [0.15, 0.2) is 21.9 Å². The normalized spacial score (nSPS) is 17.7. The first kappa shape index (κ1) is 13.8. The molecule has 0 unspecified atom stereocenters. The van der Waals surface area contributed by atoms with Gasteiger partial charge in [0.05, 0.1) is 17.2 Å². The number of oxazole rings is 1. The molecule has 5 heteroatoms. The second-order valence-electron chi connectivity index (χ2n) is 5.50. The maximum absolute atomic E-state index is 9.61. The summed E-state index contributed by atoms with van der Waals surface area (Å²) in [5, 5.41) is 15.1. The lowest BCUT2D eigenvalue weighted by Gasteiger charge is -2.27. The molecule has 0 aliphatic heterocycles. The van der Waals surface area contributed by atoms with E-state index < -0.39 is 0 Å². The average molecular weight is 292 g/mol. The van der Waals surface area contributed by atoms with Crippen LogP contribution in [0, 0.1) is 6.92 Å². The van der Waals surface area contributed by atoms with Crippen molar-refractivity contribution in [3.05, 3.63) is 29.0 Å². The predicted molar refractivity (Wildman–Crippen MR) is 79.7 cm³/mol. The minimum absolute atomic E-state index is 0.117. The van der Waals surface area contributed by atoms with Gasteiger partial charge in [-0.25, -0.2) is 4.98 Å². The van der Waals surface area contributed by atoms with E-state index in [0.29, 0.717) is 12.4 Å². The van der Waals surface area contributed by atoms with Gasteiger partial charge in [-0.2, -0.15) is 0 Å². The van der Waals surface area contributed by atoms with E-state index in [1.54, 1.807) is 11.3 Å². The van der Waals surface area contributed by atoms with Crippen LogP contribution in [0.25, 0.3) is 10.8 Å². The summed E-state index contributed by atoms with van der Waals surface area (Å²) in [5.74, 6) is 1.55. The second kappa shape index (κ2) is 5.68. The van der Waals surface area contributed by atoms with E-state index in [4.69, 9.17) is 4.42 Å². The molecule has 20 heavy (non-hydrogen) atoms. The molecule has 2 N–H and O–H groups in total. The van der Waals surface area contributed by atoms with Crippen LogP contribution in [0.1, 0.15) is 37.1 Å². The van der Waals surface area contributed by atoms with Gasteiger partial charge in [-0.05, 0) is 31.2 Å². The summed E-state index contributed by atoms with van der Waals surface area (Å²) in [7, 11) is 0. The van der Waals surface area contributed by atoms with Crippen molar-refractivity contribution in [2.24, 2.45) is 0 Å². The van der Waals surface area contributed by atoms with Crippen LogP contribution in [0.3, 0.4) is 0 Å². The summed E-state index contributed by atoms with van der Waals surface area (Å²) in [5.41, 5.74) is 0.821. The van der Waals surface area contributed by atoms with Crippen LogP contribution < -0.4 is 5.32 Å². The number of aliphatic hydroxyl groups excluding tert-OH is 1. The van der Waals surface area contributed by atoms with Crippen LogP contribution in [-0.4, -0.2) is 22.2 Å². The Hall–Kier alpha value is -1.17. The van der Waals surface area contributed by atoms with E-state index in [-0.39, 0.29) is 12.1 Å². The summed E-state index contributed by atoms with van der Waals surface area (Å²) in [6, 6.07) is 4.01. The highest BCUT2D eigenvalue weighted by atomic mass is 32.1. The number of aliphatic hydroxyl groups is 1. The highest BCUT2D eigenvalue weighted by Gasteiger charge is 2.32. The Bertz CT molecular complexity index is 556. The van der Waals surface area contributed by atoms with Gasteiger partial charge in [-0.15, -0.1) is 11.3 Å². The number of hydrogen-bond donors (Lipinski definition) is 2. The molecule has 0 atom stereocenters. The maximum atomic E-state index is 9.61. The molecule has 0 aromatic carbocycles. The van der Waals surface area contributed by atoms with Gasteiger partial charge in [0.25, 0.3) is 0 Å². The van der Waals surface area contributed by atoms with Crippen molar-refractivity contribution < 1.29 is 9.52 Å². The topological polar surface area (TPSA) is 58.3 Å². The molecular formula is C15H20N2O2S. The zero-order valence-corrected chi connectivity index (χ0v) is 12.5. The SMILES string of the molecule is Cc1oc(-c2cccs2)nc1CNC1(CO)CCCC1. The Labute approximate surface area is 122 Å². The third-order valence-corrected chi connectivity index (χ3v) is 4.98. The number of aryl methyl sites for hydroxylation is 1. The molecule has 0 spiro atoms. The fourth-order valence-corrected chi connectivity index (χ4v) is 3.46. The largest absolute Gasteiger partial charge is 0.440 e. The van der Waals surface area contributed by atoms with Gasteiger partial charge >= 0.3 is 0 Å². The van der Waals surface area contributed by atoms with Gasteiger partial charge in [-0.3, -0.25) is 0 Å². The zero-order chi connectivity index (χ0) is 14.0. The maximum Gasteiger partial charge on any atom is 0.236 e. The van der Waals surface area contributed by atoms with Crippen molar-refractivity contribution in [1.29, 1.82) is 0 Å². The lowest BCUT2D eigenvalue weighted by Crippen LogP contribution is -2.45. The third-order valence-electron chi connectivity index (χ3n) is 4.12. The standard InChI is InChI=1S/C15H20N2O2S/c1-11-12(9-16-15(10-18)6-2-3-7-15)17-14(19-11)13-5-4-8-20-13/h4-5,8,16,18H,2-3,6-7,9-10H2,1H3. The highest BCUT2D eigenvalue weighted by Crippen LogP contribution is 2.30. The molecule has 1 fully saturated rings. The lowest BCUT2D eigenvalue weighted by molar-refractivity contribution is 0.162. The molecule has 1 aliphatic carbocycles. The Morgan fingerprint density at radius 3 is 2.90 bits per heavy atom. The van der Waals surface area contributed by atoms with Crippen molar-refractivity contribution in [3.63, 3.8) is 0 Å². The zero-order valence-electron chi connectivity index (χ0n) is 11.7. The minimum Gasteiger partial charge on any atom is -0.440 e. The third kappa shape index (κ3) is 2.66. The molecule has 108 valence electrons. The fraction of sp³-hybridized carbons (Fsp3) is 0.533. The molecule has 0 bridgehead atoms. The van der Waals surface area contributed by atoms with Crippen molar-refractivity contribution in [3.8, 4) is 10.8 Å². The number of nitrogens with zero attached hydrogens (tertiary/aromatic N) is 1. The Morgan fingerprint density at radius 2 is 2.25 bits per heavy atom. The summed E-state index contributed by atoms with van der Waals surface area (Å²) < 4.78 is 5.74. The number of hydrogen-bond acceptors (Lipinski definition) is 5. The molecule has 2 heterocycles. The lowest BCUT2D eigenvalue weighted by atomic mass is 9.99. The van der Waals surface area contributed by atoms with Gasteiger partial charge in [-0.1, -0.05) is 18.9 Å². The second-order valence-corrected chi connectivity index (χ2v) is 6.45. The summed E-state index contributed by atoms with van der Waals surface area (Å²) in [4.78, 5) is 5.63. The van der Waals surface area contributed by atoms with E-state index in [2.05, 4.69) is 10.3 Å². The van der Waals surface area contributed by atoms with Crippen LogP contribution in [0.4, 0.5) is 0 Å². The summed E-state index contributed by atoms with van der Waals surface area (Å²) in [6.07, 6.45) is 4.45. The van der Waals surface area contributed by atoms with Crippen LogP contribution in [0.5, 0.6) is 0 Å². The fourth-order valence-electron chi connectivity index (χ4n) is 2.81. The summed E-state index contributed by atoms with van der Waals surface area (Å²) >= 11 is 1.63. The molecule has 2 aromatic rings. The van der Waals surface area contributed by atoms with Crippen molar-refractivity contribution in [1.82, 2.24) is 10.3 Å². The van der Waals surface area contributed by atoms with E-state index in [9.17, 15) is 5.11 Å². The van der Waals surface area contributed by atoms with Crippen molar-refractivity contribution in [2.75, 3.05) is 6.61 Å². The molecular weight excluding hydrogens is 272 g/mol. The van der Waals surface area contributed by atoms with Crippen LogP contribution in [0.2, 0.25) is 0 Å². The van der Waals surface area contributed by atoms with Crippen LogP contribution in [-0.2, 0) is 6.54 Å². The van der Waals surface area contributed by atoms with Gasteiger partial charge in [0.2, 0.25) is 5.89 Å². The highest BCUT2D eigenvalue weighted by molar-refractivity contribution is 7.13. The molecule has 1 saturated carbocycles. The smallest absolute Gasteiger partial charge is 0.236 e. The van der Waals surface area contributed by atoms with Crippen LogP contribution >= 0.6 is 11.3 Å². The molecule has 2 aromatic heterocycles. The van der Waals surface area contributed by atoms with Crippen molar-refractivity contribution >= 4 is 11.3 Å².